The number of esters is 2. The number of unbranched alkanes of at least 4 members (excludes halogenated alkanes) is 10. The van der Waals surface area contributed by atoms with Gasteiger partial charge in [-0.25, -0.2) is 0 Å². The topological polar surface area (TPSA) is 76.1 Å². The Morgan fingerprint density at radius 2 is 1.26 bits per heavy atom. The van der Waals surface area contributed by atoms with E-state index in [1.807, 2.05) is 7.05 Å². The molecule has 0 aromatic carbocycles. The number of hydrogen-bond donors (Lipinski definition) is 0. The van der Waals surface area contributed by atoms with Crippen LogP contribution in [0.4, 0.5) is 0 Å². The molecular weight excluding hydrogens is 528 g/mol. The molecule has 1 unspecified atom stereocenters. The van der Waals surface area contributed by atoms with Gasteiger partial charge in [-0.3, -0.25) is 14.4 Å². The number of carbonyl (C=O) groups excluding carboxylic acids is 3. The summed E-state index contributed by atoms with van der Waals surface area (Å²) in [7, 11) is 1.99. The SMILES string of the molecule is CC/C=C\CCCCC(=O)OCCN(CCOC(=O)C(CCCCCC)CCCCCCCC)C(=O)CCN(C)CC. The minimum Gasteiger partial charge on any atom is -0.464 e. The molecule has 42 heavy (non-hydrogen) atoms. The maximum atomic E-state index is 13.1. The highest BCUT2D eigenvalue weighted by molar-refractivity contribution is 5.76. The smallest absolute Gasteiger partial charge is 0.308 e. The van der Waals surface area contributed by atoms with Gasteiger partial charge in [-0.15, -0.1) is 0 Å². The van der Waals surface area contributed by atoms with Crippen molar-refractivity contribution in [3.05, 3.63) is 12.2 Å². The molecule has 0 saturated heterocycles. The predicted octanol–water partition coefficient (Wildman–Crippen LogP) is 8.11. The molecule has 0 heterocycles. The van der Waals surface area contributed by atoms with Gasteiger partial charge in [0.1, 0.15) is 13.2 Å². The lowest BCUT2D eigenvalue weighted by Gasteiger charge is -2.24. The van der Waals surface area contributed by atoms with Gasteiger partial charge in [0.25, 0.3) is 0 Å². The van der Waals surface area contributed by atoms with Crippen molar-refractivity contribution in [1.29, 1.82) is 0 Å². The fourth-order valence-corrected chi connectivity index (χ4v) is 4.86. The lowest BCUT2D eigenvalue weighted by Crippen LogP contribution is -2.39. The normalized spacial score (nSPS) is 12.1. The van der Waals surface area contributed by atoms with E-state index in [2.05, 4.69) is 44.7 Å². The zero-order valence-electron chi connectivity index (χ0n) is 28.1. The minimum atomic E-state index is -0.223. The molecular formula is C35H66N2O5. The van der Waals surface area contributed by atoms with Gasteiger partial charge in [0.05, 0.1) is 19.0 Å². The third-order valence-corrected chi connectivity index (χ3v) is 7.88. The van der Waals surface area contributed by atoms with E-state index in [0.29, 0.717) is 32.5 Å². The molecule has 0 radical (unpaired) electrons. The van der Waals surface area contributed by atoms with Crippen LogP contribution in [0.25, 0.3) is 0 Å². The quantitative estimate of drug-likeness (QED) is 0.0495. The Morgan fingerprint density at radius 3 is 1.88 bits per heavy atom. The summed E-state index contributed by atoms with van der Waals surface area (Å²) in [5.41, 5.74) is 0. The molecule has 0 aromatic rings. The number of carbonyl (C=O) groups is 3. The van der Waals surface area contributed by atoms with Gasteiger partial charge in [-0.05, 0) is 52.1 Å². The standard InChI is InChI=1S/C35H66N2O5/c1-6-10-13-16-18-21-24-32(23-20-15-12-8-3)35(40)42-31-29-37(33(38)26-27-36(5)9-4)28-30-41-34(39)25-22-19-17-14-11-7-2/h11,14,32H,6-10,12-13,15-31H2,1-5H3/b14-11-. The van der Waals surface area contributed by atoms with Crippen LogP contribution >= 0.6 is 0 Å². The van der Waals surface area contributed by atoms with Crippen molar-refractivity contribution >= 4 is 17.8 Å². The summed E-state index contributed by atoms with van der Waals surface area (Å²) in [4.78, 5) is 42.0. The lowest BCUT2D eigenvalue weighted by molar-refractivity contribution is -0.151. The van der Waals surface area contributed by atoms with Crippen LogP contribution in [0.5, 0.6) is 0 Å². The van der Waals surface area contributed by atoms with E-state index >= 15 is 0 Å². The number of ether oxygens (including phenoxy) is 2. The van der Waals surface area contributed by atoms with Crippen LogP contribution in [0.15, 0.2) is 12.2 Å². The lowest BCUT2D eigenvalue weighted by atomic mass is 9.94. The van der Waals surface area contributed by atoms with Crippen molar-refractivity contribution < 1.29 is 23.9 Å². The maximum absolute atomic E-state index is 13.1. The van der Waals surface area contributed by atoms with Crippen molar-refractivity contribution in [2.45, 2.75) is 143 Å². The minimum absolute atomic E-state index is 0.00620. The van der Waals surface area contributed by atoms with Crippen molar-refractivity contribution in [3.8, 4) is 0 Å². The highest BCUT2D eigenvalue weighted by Crippen LogP contribution is 2.20. The van der Waals surface area contributed by atoms with Crippen LogP contribution in [0.3, 0.4) is 0 Å². The first-order valence-electron chi connectivity index (χ1n) is 17.3. The summed E-state index contributed by atoms with van der Waals surface area (Å²) in [5, 5.41) is 0. The first kappa shape index (κ1) is 40.1. The van der Waals surface area contributed by atoms with E-state index in [1.54, 1.807) is 4.90 Å². The van der Waals surface area contributed by atoms with Crippen molar-refractivity contribution in [2.75, 3.05) is 46.4 Å². The monoisotopic (exact) mass is 594 g/mol. The van der Waals surface area contributed by atoms with Crippen molar-refractivity contribution in [3.63, 3.8) is 0 Å². The van der Waals surface area contributed by atoms with Gasteiger partial charge in [0.2, 0.25) is 5.91 Å². The van der Waals surface area contributed by atoms with Gasteiger partial charge >= 0.3 is 11.9 Å². The van der Waals surface area contributed by atoms with Crippen LogP contribution in [0.1, 0.15) is 143 Å². The summed E-state index contributed by atoms with van der Waals surface area (Å²) in [6.07, 6.45) is 22.4. The molecule has 7 nitrogen and oxygen atoms in total. The van der Waals surface area contributed by atoms with E-state index in [0.717, 1.165) is 64.3 Å². The second kappa shape index (κ2) is 29.2. The number of allylic oxidation sites excluding steroid dienone is 2. The predicted molar refractivity (Wildman–Crippen MR) is 174 cm³/mol. The van der Waals surface area contributed by atoms with E-state index in [1.165, 1.54) is 44.9 Å². The van der Waals surface area contributed by atoms with E-state index in [9.17, 15) is 14.4 Å². The van der Waals surface area contributed by atoms with Gasteiger partial charge in [0.15, 0.2) is 0 Å². The Bertz CT molecular complexity index is 697. The van der Waals surface area contributed by atoms with Crippen LogP contribution < -0.4 is 0 Å². The Balaban J connectivity index is 4.82. The molecule has 0 aliphatic carbocycles. The number of nitrogens with zero attached hydrogens (tertiary/aromatic N) is 2. The molecule has 0 rings (SSSR count). The van der Waals surface area contributed by atoms with E-state index < -0.39 is 0 Å². The van der Waals surface area contributed by atoms with Gasteiger partial charge < -0.3 is 19.3 Å². The number of hydrogen-bond acceptors (Lipinski definition) is 6. The van der Waals surface area contributed by atoms with Crippen LogP contribution in [0.2, 0.25) is 0 Å². The molecule has 0 bridgehead atoms. The molecule has 7 heteroatoms. The molecule has 1 amide bonds. The Kier molecular flexibility index (Phi) is 27.9. The molecule has 1 atom stereocenters. The van der Waals surface area contributed by atoms with Crippen LogP contribution in [-0.4, -0.2) is 74.1 Å². The molecule has 0 aliphatic heterocycles. The largest absolute Gasteiger partial charge is 0.464 e. The summed E-state index contributed by atoms with van der Waals surface area (Å²) >= 11 is 0. The van der Waals surface area contributed by atoms with Crippen molar-refractivity contribution in [1.82, 2.24) is 9.80 Å². The first-order valence-corrected chi connectivity index (χ1v) is 17.3. The maximum Gasteiger partial charge on any atom is 0.308 e. The third-order valence-electron chi connectivity index (χ3n) is 7.88. The summed E-state index contributed by atoms with van der Waals surface area (Å²) in [6.45, 7) is 11.1. The highest BCUT2D eigenvalue weighted by atomic mass is 16.5. The highest BCUT2D eigenvalue weighted by Gasteiger charge is 2.21. The fourth-order valence-electron chi connectivity index (χ4n) is 4.86. The van der Waals surface area contributed by atoms with Gasteiger partial charge in [-0.2, -0.15) is 0 Å². The average molecular weight is 595 g/mol. The summed E-state index contributed by atoms with van der Waals surface area (Å²) < 4.78 is 11.2. The Morgan fingerprint density at radius 1 is 0.667 bits per heavy atom. The molecule has 0 N–H and O–H groups in total. The molecule has 246 valence electrons. The Labute approximate surface area is 259 Å². The third kappa shape index (κ3) is 23.6. The van der Waals surface area contributed by atoms with Gasteiger partial charge in [-0.1, -0.05) is 104 Å². The van der Waals surface area contributed by atoms with Gasteiger partial charge in [0, 0.05) is 19.4 Å². The molecule has 0 spiro atoms. The zero-order valence-corrected chi connectivity index (χ0v) is 28.1. The number of rotatable bonds is 29. The van der Waals surface area contributed by atoms with Crippen LogP contribution in [-0.2, 0) is 23.9 Å². The van der Waals surface area contributed by atoms with Crippen molar-refractivity contribution in [2.24, 2.45) is 5.92 Å². The van der Waals surface area contributed by atoms with E-state index in [4.69, 9.17) is 9.47 Å². The summed E-state index contributed by atoms with van der Waals surface area (Å²) in [5.74, 6) is -0.417. The fraction of sp³-hybridized carbons (Fsp3) is 0.857. The second-order valence-electron chi connectivity index (χ2n) is 11.6. The second-order valence-corrected chi connectivity index (χ2v) is 11.6. The zero-order chi connectivity index (χ0) is 31.3. The molecule has 0 fully saturated rings. The summed E-state index contributed by atoms with van der Waals surface area (Å²) in [6, 6.07) is 0. The average Bonchev–Trinajstić information content (AvgIpc) is 2.99. The van der Waals surface area contributed by atoms with E-state index in [-0.39, 0.29) is 37.0 Å². The van der Waals surface area contributed by atoms with Crippen LogP contribution in [0, 0.1) is 5.92 Å². The molecule has 0 aliphatic rings. The first-order chi connectivity index (χ1) is 20.4. The Hall–Kier alpha value is -1.89. The molecule has 0 saturated carbocycles. The number of amides is 1. The molecule has 0 aromatic heterocycles.